The topological polar surface area (TPSA) is 86.8 Å². The highest BCUT2D eigenvalue weighted by Crippen LogP contribution is 2.28. The first-order valence-electron chi connectivity index (χ1n) is 12.1. The fourth-order valence-corrected chi connectivity index (χ4v) is 5.19. The first-order valence-corrected chi connectivity index (χ1v) is 14.3. The van der Waals surface area contributed by atoms with Gasteiger partial charge in [-0.2, -0.15) is 0 Å². The van der Waals surface area contributed by atoms with E-state index in [0.29, 0.717) is 17.1 Å². The number of hydrogen-bond acceptors (Lipinski definition) is 4. The molecule has 10 heteroatoms. The molecule has 0 aliphatic carbocycles. The number of carbonyl (C=O) groups is 2. The van der Waals surface area contributed by atoms with Gasteiger partial charge in [-0.25, -0.2) is 12.8 Å². The monoisotopic (exact) mass is 559 g/mol. The van der Waals surface area contributed by atoms with Crippen LogP contribution in [0.3, 0.4) is 0 Å². The van der Waals surface area contributed by atoms with Crippen LogP contribution in [0.5, 0.6) is 0 Å². The summed E-state index contributed by atoms with van der Waals surface area (Å²) >= 11 is 6.24. The summed E-state index contributed by atoms with van der Waals surface area (Å²) < 4.78 is 41.3. The summed E-state index contributed by atoms with van der Waals surface area (Å²) in [7, 11) is -3.93. The summed E-state index contributed by atoms with van der Waals surface area (Å²) in [5, 5.41) is 3.10. The number of anilines is 1. The zero-order valence-corrected chi connectivity index (χ0v) is 23.1. The number of rotatable bonds is 11. The number of nitrogens with zero attached hydrogens (tertiary/aromatic N) is 2. The molecule has 38 heavy (non-hydrogen) atoms. The first-order chi connectivity index (χ1) is 18.0. The molecule has 0 aromatic heterocycles. The van der Waals surface area contributed by atoms with Crippen molar-refractivity contribution in [1.29, 1.82) is 0 Å². The maximum atomic E-state index is 14.7. The van der Waals surface area contributed by atoms with Gasteiger partial charge >= 0.3 is 0 Å². The molecule has 1 atom stereocenters. The Bertz CT molecular complexity index is 1390. The second-order valence-electron chi connectivity index (χ2n) is 8.87. The Hall–Kier alpha value is -3.43. The Morgan fingerprint density at radius 3 is 2.29 bits per heavy atom. The molecule has 0 spiro atoms. The van der Waals surface area contributed by atoms with Crippen LogP contribution >= 0.6 is 11.6 Å². The largest absolute Gasteiger partial charge is 0.355 e. The van der Waals surface area contributed by atoms with Crippen LogP contribution in [0, 0.1) is 12.7 Å². The number of halogens is 2. The van der Waals surface area contributed by atoms with Gasteiger partial charge in [0, 0.05) is 30.1 Å². The fourth-order valence-electron chi connectivity index (χ4n) is 4.12. The maximum Gasteiger partial charge on any atom is 0.244 e. The Morgan fingerprint density at radius 2 is 1.66 bits per heavy atom. The molecule has 0 unspecified atom stereocenters. The molecular formula is C28H31ClFN3O4S. The molecule has 3 aromatic carbocycles. The third kappa shape index (κ3) is 7.33. The Morgan fingerprint density at radius 1 is 1.00 bits per heavy atom. The van der Waals surface area contributed by atoms with Gasteiger partial charge in [0.15, 0.2) is 0 Å². The molecule has 3 rings (SSSR count). The zero-order valence-electron chi connectivity index (χ0n) is 21.5. The van der Waals surface area contributed by atoms with Crippen LogP contribution in [0.4, 0.5) is 10.1 Å². The van der Waals surface area contributed by atoms with Crippen LogP contribution in [-0.2, 0) is 32.6 Å². The predicted molar refractivity (Wildman–Crippen MR) is 148 cm³/mol. The van der Waals surface area contributed by atoms with Crippen molar-refractivity contribution in [1.82, 2.24) is 10.2 Å². The summed E-state index contributed by atoms with van der Waals surface area (Å²) in [6.45, 7) is 2.91. The minimum Gasteiger partial charge on any atom is -0.355 e. The van der Waals surface area contributed by atoms with Crippen molar-refractivity contribution in [2.75, 3.05) is 23.7 Å². The molecular weight excluding hydrogens is 529 g/mol. The first kappa shape index (κ1) is 29.1. The summed E-state index contributed by atoms with van der Waals surface area (Å²) in [6.07, 6.45) is 1.15. The van der Waals surface area contributed by atoms with E-state index < -0.39 is 40.2 Å². The van der Waals surface area contributed by atoms with Gasteiger partial charge in [-0.15, -0.1) is 0 Å². The Labute approximate surface area is 228 Å². The molecule has 3 aromatic rings. The smallest absolute Gasteiger partial charge is 0.244 e. The average Bonchev–Trinajstić information content (AvgIpc) is 2.87. The van der Waals surface area contributed by atoms with E-state index in [4.69, 9.17) is 11.6 Å². The van der Waals surface area contributed by atoms with Crippen molar-refractivity contribution >= 4 is 39.1 Å². The van der Waals surface area contributed by atoms with Gasteiger partial charge in [0.05, 0.1) is 11.9 Å². The van der Waals surface area contributed by atoms with Crippen molar-refractivity contribution in [3.05, 3.63) is 100 Å². The second kappa shape index (κ2) is 12.9. The third-order valence-corrected chi connectivity index (χ3v) is 7.64. The molecule has 1 N–H and O–H groups in total. The number of nitrogens with one attached hydrogen (secondary N) is 1. The van der Waals surface area contributed by atoms with Crippen LogP contribution < -0.4 is 9.62 Å². The van der Waals surface area contributed by atoms with Gasteiger partial charge in [-0.05, 0) is 43.2 Å². The minimum atomic E-state index is -3.93. The normalized spacial score (nSPS) is 12.0. The van der Waals surface area contributed by atoms with E-state index in [1.165, 1.54) is 23.1 Å². The fraction of sp³-hybridized carbons (Fsp3) is 0.286. The number of likely N-dealkylation sites (N-methyl/N-ethyl adjacent to an activating group) is 1. The number of hydrogen-bond donors (Lipinski definition) is 1. The molecule has 0 aliphatic heterocycles. The Kier molecular flexibility index (Phi) is 9.88. The van der Waals surface area contributed by atoms with Crippen LogP contribution in [0.1, 0.15) is 23.6 Å². The summed E-state index contributed by atoms with van der Waals surface area (Å²) in [5.74, 6) is -1.62. The van der Waals surface area contributed by atoms with Crippen molar-refractivity contribution in [3.63, 3.8) is 0 Å². The third-order valence-electron chi connectivity index (χ3n) is 6.11. The molecule has 0 fully saturated rings. The van der Waals surface area contributed by atoms with Crippen molar-refractivity contribution < 1.29 is 22.4 Å². The summed E-state index contributed by atoms with van der Waals surface area (Å²) in [5.41, 5.74) is 1.73. The quantitative estimate of drug-likeness (QED) is 0.379. The van der Waals surface area contributed by atoms with Crippen LogP contribution in [0.15, 0.2) is 72.8 Å². The molecule has 0 aliphatic rings. The van der Waals surface area contributed by atoms with E-state index in [0.717, 1.165) is 16.1 Å². The van der Waals surface area contributed by atoms with E-state index in [9.17, 15) is 22.4 Å². The molecule has 2 amide bonds. The lowest BCUT2D eigenvalue weighted by atomic mass is 10.0. The van der Waals surface area contributed by atoms with Crippen molar-refractivity contribution in [2.45, 2.75) is 32.9 Å². The van der Waals surface area contributed by atoms with Crippen LogP contribution in [0.25, 0.3) is 0 Å². The molecule has 0 saturated carbocycles. The van der Waals surface area contributed by atoms with Crippen LogP contribution in [-0.4, -0.2) is 50.5 Å². The summed E-state index contributed by atoms with van der Waals surface area (Å²) in [4.78, 5) is 28.4. The van der Waals surface area contributed by atoms with E-state index in [1.807, 2.05) is 30.3 Å². The van der Waals surface area contributed by atoms with E-state index >= 15 is 0 Å². The molecule has 202 valence electrons. The predicted octanol–water partition coefficient (Wildman–Crippen LogP) is 4.33. The lowest BCUT2D eigenvalue weighted by molar-refractivity contribution is -0.140. The Balaban J connectivity index is 2.08. The maximum absolute atomic E-state index is 14.7. The number of carbonyl (C=O) groups excluding carboxylic acids is 2. The van der Waals surface area contributed by atoms with Crippen molar-refractivity contribution in [3.8, 4) is 0 Å². The van der Waals surface area contributed by atoms with E-state index in [-0.39, 0.29) is 24.2 Å². The standard InChI is InChI=1S/C28H31ClFN3O4S/c1-4-31-28(35)26(17-21-11-6-5-7-12-21)32(18-22-13-8-9-15-24(22)30)27(34)19-33(38(3,36)37)25-16-10-14-23(29)20(25)2/h5-16,26H,4,17-19H2,1-3H3,(H,31,35)/t26-/m0/s1. The van der Waals surface area contributed by atoms with Gasteiger partial charge in [-0.3, -0.25) is 13.9 Å². The van der Waals surface area contributed by atoms with Gasteiger partial charge < -0.3 is 10.2 Å². The second-order valence-corrected chi connectivity index (χ2v) is 11.2. The molecule has 0 radical (unpaired) electrons. The highest BCUT2D eigenvalue weighted by molar-refractivity contribution is 7.92. The average molecular weight is 560 g/mol. The van der Waals surface area contributed by atoms with Gasteiger partial charge in [0.25, 0.3) is 0 Å². The number of sulfonamides is 1. The lowest BCUT2D eigenvalue weighted by Crippen LogP contribution is -2.53. The lowest BCUT2D eigenvalue weighted by Gasteiger charge is -2.33. The SMILES string of the molecule is CCNC(=O)[C@H](Cc1ccccc1)N(Cc1ccccc1F)C(=O)CN(c1cccc(Cl)c1C)S(C)(=O)=O. The molecule has 0 bridgehead atoms. The number of benzene rings is 3. The van der Waals surface area contributed by atoms with E-state index in [1.54, 1.807) is 38.1 Å². The highest BCUT2D eigenvalue weighted by Gasteiger charge is 2.33. The van der Waals surface area contributed by atoms with Crippen LogP contribution in [0.2, 0.25) is 5.02 Å². The number of amides is 2. The van der Waals surface area contributed by atoms with Crippen molar-refractivity contribution in [2.24, 2.45) is 0 Å². The zero-order chi connectivity index (χ0) is 27.9. The van der Waals surface area contributed by atoms with E-state index in [2.05, 4.69) is 5.32 Å². The molecule has 0 saturated heterocycles. The molecule has 7 nitrogen and oxygen atoms in total. The van der Waals surface area contributed by atoms with Gasteiger partial charge in [0.1, 0.15) is 18.4 Å². The van der Waals surface area contributed by atoms with Gasteiger partial charge in [0.2, 0.25) is 21.8 Å². The summed E-state index contributed by atoms with van der Waals surface area (Å²) in [6, 6.07) is 18.9. The highest BCUT2D eigenvalue weighted by atomic mass is 35.5. The minimum absolute atomic E-state index is 0.155. The molecule has 0 heterocycles. The van der Waals surface area contributed by atoms with Gasteiger partial charge in [-0.1, -0.05) is 66.2 Å².